The van der Waals surface area contributed by atoms with Crippen molar-refractivity contribution in [2.75, 3.05) is 0 Å². The lowest BCUT2D eigenvalue weighted by Crippen LogP contribution is -2.09. The Morgan fingerprint density at radius 3 is 1.17 bits per heavy atom. The molecular formula is C40H20N4O4. The van der Waals surface area contributed by atoms with E-state index < -0.39 is 11.9 Å². The van der Waals surface area contributed by atoms with E-state index in [0.29, 0.717) is 32.3 Å². The Morgan fingerprint density at radius 2 is 0.812 bits per heavy atom. The van der Waals surface area contributed by atoms with E-state index in [1.165, 1.54) is 12.1 Å². The number of esters is 2. The molecule has 0 saturated carbocycles. The summed E-state index contributed by atoms with van der Waals surface area (Å²) in [5.41, 5.74) is 2.19. The zero-order valence-electron chi connectivity index (χ0n) is 25.1. The van der Waals surface area contributed by atoms with Crippen LogP contribution in [0.4, 0.5) is 0 Å². The minimum Gasteiger partial charge on any atom is -0.457 e. The van der Waals surface area contributed by atoms with Gasteiger partial charge in [0.1, 0.15) is 13.2 Å². The number of nitriles is 4. The first-order valence-electron chi connectivity index (χ1n) is 14.8. The highest BCUT2D eigenvalue weighted by molar-refractivity contribution is 6.38. The van der Waals surface area contributed by atoms with E-state index in [-0.39, 0.29) is 57.4 Å². The predicted molar refractivity (Wildman–Crippen MR) is 178 cm³/mol. The smallest absolute Gasteiger partial charge is 0.339 e. The van der Waals surface area contributed by atoms with Crippen LogP contribution in [0.5, 0.6) is 0 Å². The lowest BCUT2D eigenvalue weighted by Gasteiger charge is -2.20. The van der Waals surface area contributed by atoms with Crippen molar-refractivity contribution in [2.24, 2.45) is 0 Å². The number of rotatable bonds is 6. The molecule has 48 heavy (non-hydrogen) atoms. The van der Waals surface area contributed by atoms with Gasteiger partial charge in [-0.1, -0.05) is 72.8 Å². The van der Waals surface area contributed by atoms with Crippen molar-refractivity contribution in [3.63, 3.8) is 0 Å². The molecule has 0 fully saturated rings. The molecule has 0 aliphatic carbocycles. The SMILES string of the molecule is N#Cc1cc(C#N)c2c3c(C#N)cc(C#N)c4c(C(=O)OCc5ccccc5)ccc(c5ccc(C(=O)OCc6ccccc6)c1c52)c43. The second-order valence-corrected chi connectivity index (χ2v) is 11.1. The first kappa shape index (κ1) is 29.5. The summed E-state index contributed by atoms with van der Waals surface area (Å²) in [4.78, 5) is 27.1. The van der Waals surface area contributed by atoms with Crippen LogP contribution in [0.3, 0.4) is 0 Å². The van der Waals surface area contributed by atoms with Crippen LogP contribution in [0.1, 0.15) is 54.1 Å². The van der Waals surface area contributed by atoms with Crippen LogP contribution in [0, 0.1) is 45.3 Å². The molecule has 7 aromatic rings. The summed E-state index contributed by atoms with van der Waals surface area (Å²) < 4.78 is 11.3. The lowest BCUT2D eigenvalue weighted by molar-refractivity contribution is 0.0466. The Morgan fingerprint density at radius 1 is 0.458 bits per heavy atom. The fourth-order valence-corrected chi connectivity index (χ4v) is 6.39. The summed E-state index contributed by atoms with van der Waals surface area (Å²) in [5, 5.41) is 44.4. The molecule has 0 atom stereocenters. The largest absolute Gasteiger partial charge is 0.457 e. The number of ether oxygens (including phenoxy) is 2. The van der Waals surface area contributed by atoms with E-state index in [4.69, 9.17) is 9.47 Å². The fraction of sp³-hybridized carbons (Fsp3) is 0.0500. The van der Waals surface area contributed by atoms with Crippen molar-refractivity contribution < 1.29 is 19.1 Å². The minimum absolute atomic E-state index is 0.00868. The monoisotopic (exact) mass is 620 g/mol. The molecule has 7 rings (SSSR count). The Kier molecular flexibility index (Phi) is 7.31. The topological polar surface area (TPSA) is 148 Å². The molecule has 7 aromatic carbocycles. The zero-order chi connectivity index (χ0) is 33.4. The van der Waals surface area contributed by atoms with Crippen LogP contribution >= 0.6 is 0 Å². The van der Waals surface area contributed by atoms with Gasteiger partial charge < -0.3 is 9.47 Å². The molecule has 0 radical (unpaired) electrons. The maximum atomic E-state index is 13.6. The first-order valence-corrected chi connectivity index (χ1v) is 14.8. The predicted octanol–water partition coefficient (Wildman–Crippen LogP) is 7.94. The zero-order valence-corrected chi connectivity index (χ0v) is 25.1. The maximum Gasteiger partial charge on any atom is 0.339 e. The van der Waals surface area contributed by atoms with Gasteiger partial charge in [0, 0.05) is 32.3 Å². The number of carbonyl (C=O) groups is 2. The molecule has 0 spiro atoms. The average Bonchev–Trinajstić information content (AvgIpc) is 3.14. The second-order valence-electron chi connectivity index (χ2n) is 11.1. The molecule has 0 unspecified atom stereocenters. The van der Waals surface area contributed by atoms with Gasteiger partial charge in [-0.3, -0.25) is 0 Å². The van der Waals surface area contributed by atoms with Gasteiger partial charge in [-0.2, -0.15) is 21.0 Å². The molecule has 0 heterocycles. The van der Waals surface area contributed by atoms with Crippen molar-refractivity contribution in [2.45, 2.75) is 13.2 Å². The maximum absolute atomic E-state index is 13.6. The normalized spacial score (nSPS) is 10.8. The van der Waals surface area contributed by atoms with Gasteiger partial charge in [0.2, 0.25) is 0 Å². The highest BCUT2D eigenvalue weighted by Gasteiger charge is 2.27. The van der Waals surface area contributed by atoms with Crippen LogP contribution in [-0.4, -0.2) is 11.9 Å². The summed E-state index contributed by atoms with van der Waals surface area (Å²) in [5.74, 6) is -1.32. The highest BCUT2D eigenvalue weighted by atomic mass is 16.5. The van der Waals surface area contributed by atoms with Crippen LogP contribution in [-0.2, 0) is 22.7 Å². The Bertz CT molecular complexity index is 2450. The number of fused-ring (bicyclic) bond motifs is 2. The van der Waals surface area contributed by atoms with Crippen LogP contribution in [0.15, 0.2) is 97.1 Å². The van der Waals surface area contributed by atoms with Crippen molar-refractivity contribution in [3.05, 3.63) is 142 Å². The van der Waals surface area contributed by atoms with Crippen molar-refractivity contribution >= 4 is 55.0 Å². The average molecular weight is 621 g/mol. The molecular weight excluding hydrogens is 600 g/mol. The van der Waals surface area contributed by atoms with Gasteiger partial charge in [-0.15, -0.1) is 0 Å². The fourth-order valence-electron chi connectivity index (χ4n) is 6.39. The van der Waals surface area contributed by atoms with Gasteiger partial charge >= 0.3 is 11.9 Å². The van der Waals surface area contributed by atoms with Crippen molar-refractivity contribution in [1.29, 1.82) is 21.0 Å². The molecule has 0 aromatic heterocycles. The van der Waals surface area contributed by atoms with Crippen molar-refractivity contribution in [1.82, 2.24) is 0 Å². The molecule has 0 saturated heterocycles. The molecule has 0 aliphatic rings. The first-order chi connectivity index (χ1) is 23.5. The lowest BCUT2D eigenvalue weighted by atomic mass is 9.81. The Balaban J connectivity index is 1.53. The van der Waals surface area contributed by atoms with Crippen LogP contribution in [0.25, 0.3) is 43.1 Å². The van der Waals surface area contributed by atoms with Gasteiger partial charge in [0.15, 0.2) is 0 Å². The van der Waals surface area contributed by atoms with E-state index in [9.17, 15) is 30.6 Å². The van der Waals surface area contributed by atoms with Gasteiger partial charge in [0.25, 0.3) is 0 Å². The summed E-state index contributed by atoms with van der Waals surface area (Å²) in [7, 11) is 0. The third-order valence-corrected chi connectivity index (χ3v) is 8.45. The number of benzene rings is 7. The second kappa shape index (κ2) is 11.9. The number of nitrogens with zero attached hydrogens (tertiary/aromatic N) is 4. The van der Waals surface area contributed by atoms with E-state index in [2.05, 4.69) is 24.3 Å². The molecule has 0 bridgehead atoms. The van der Waals surface area contributed by atoms with E-state index >= 15 is 0 Å². The number of hydrogen-bond acceptors (Lipinski definition) is 8. The van der Waals surface area contributed by atoms with E-state index in [0.717, 1.165) is 11.1 Å². The molecule has 0 amide bonds. The summed E-state index contributed by atoms with van der Waals surface area (Å²) >= 11 is 0. The summed E-state index contributed by atoms with van der Waals surface area (Å²) in [6.45, 7) is 0.0174. The highest BCUT2D eigenvalue weighted by Crippen LogP contribution is 2.46. The van der Waals surface area contributed by atoms with Crippen LogP contribution < -0.4 is 0 Å². The molecule has 0 aliphatic heterocycles. The van der Waals surface area contributed by atoms with E-state index in [1.54, 1.807) is 24.3 Å². The number of carbonyl (C=O) groups excluding carboxylic acids is 2. The Hall–Kier alpha value is -7.26. The van der Waals surface area contributed by atoms with Gasteiger partial charge in [0.05, 0.1) is 57.7 Å². The van der Waals surface area contributed by atoms with E-state index in [1.807, 2.05) is 60.7 Å². The standard InChI is InChI=1S/C40H20N4O4/c41-17-25-15-27(19-43)35-36-28(20-44)16-26(18-42)34-32(40(46)48-22-24-9-5-2-6-10-24)14-12-30(38(34)36)29-11-13-31(33(25)37(29)35)39(45)47-21-23-7-3-1-4-8-23/h1-16H,21-22H2. The van der Waals surface area contributed by atoms with Crippen LogP contribution in [0.2, 0.25) is 0 Å². The third kappa shape index (κ3) is 4.67. The Labute approximate surface area is 273 Å². The number of hydrogen-bond donors (Lipinski definition) is 0. The summed E-state index contributed by atoms with van der Waals surface area (Å²) in [6, 6.07) is 36.3. The molecule has 0 N–H and O–H groups in total. The molecule has 224 valence electrons. The third-order valence-electron chi connectivity index (χ3n) is 8.45. The molecule has 8 heteroatoms. The van der Waals surface area contributed by atoms with Gasteiger partial charge in [-0.05, 0) is 46.2 Å². The van der Waals surface area contributed by atoms with Gasteiger partial charge in [-0.25, -0.2) is 9.59 Å². The summed E-state index contributed by atoms with van der Waals surface area (Å²) in [6.07, 6.45) is 0. The molecule has 8 nitrogen and oxygen atoms in total. The van der Waals surface area contributed by atoms with Crippen molar-refractivity contribution in [3.8, 4) is 24.3 Å². The quantitative estimate of drug-likeness (QED) is 0.103. The minimum atomic E-state index is -0.662.